The van der Waals surface area contributed by atoms with E-state index in [1.54, 1.807) is 0 Å². The lowest BCUT2D eigenvalue weighted by molar-refractivity contribution is 0.285. The lowest BCUT2D eigenvalue weighted by atomic mass is 9.92. The molecule has 1 atom stereocenters. The van der Waals surface area contributed by atoms with Crippen molar-refractivity contribution in [3.63, 3.8) is 0 Å². The third-order valence-corrected chi connectivity index (χ3v) is 5.03. The van der Waals surface area contributed by atoms with E-state index >= 15 is 0 Å². The number of halogens is 2. The fourth-order valence-electron chi connectivity index (χ4n) is 3.82. The highest BCUT2D eigenvalue weighted by Gasteiger charge is 2.22. The summed E-state index contributed by atoms with van der Waals surface area (Å²) in [6, 6.07) is 11.7. The molecule has 0 radical (unpaired) electrons. The molecule has 3 nitrogen and oxygen atoms in total. The molecule has 26 heavy (non-hydrogen) atoms. The predicted octanol–water partition coefficient (Wildman–Crippen LogP) is 4.53. The second-order valence-corrected chi connectivity index (χ2v) is 6.78. The molecule has 2 heterocycles. The first-order valence-electron chi connectivity index (χ1n) is 9.10. The maximum absolute atomic E-state index is 13.6. The van der Waals surface area contributed by atoms with Crippen molar-refractivity contribution in [1.82, 2.24) is 10.3 Å². The number of nitrogens with one attached hydrogen (secondary N) is 2. The number of aromatic amines is 1. The number of hydrogen-bond donors (Lipinski definition) is 2. The van der Waals surface area contributed by atoms with Crippen LogP contribution in [-0.2, 0) is 6.42 Å². The number of para-hydroxylation sites is 1. The lowest BCUT2D eigenvalue weighted by Crippen LogP contribution is -2.20. The summed E-state index contributed by atoms with van der Waals surface area (Å²) in [4.78, 5) is 3.55. The molecule has 0 saturated carbocycles. The van der Waals surface area contributed by atoms with Gasteiger partial charge in [-0.2, -0.15) is 0 Å². The summed E-state index contributed by atoms with van der Waals surface area (Å²) in [7, 11) is 0. The third kappa shape index (κ3) is 3.44. The van der Waals surface area contributed by atoms with Crippen LogP contribution in [0.1, 0.15) is 30.0 Å². The minimum absolute atomic E-state index is 0.0169. The Morgan fingerprint density at radius 2 is 2.00 bits per heavy atom. The van der Waals surface area contributed by atoms with Crippen LogP contribution in [-0.4, -0.2) is 24.7 Å². The van der Waals surface area contributed by atoms with Crippen molar-refractivity contribution in [1.29, 1.82) is 0 Å². The maximum Gasteiger partial charge on any atom is 0.165 e. The van der Waals surface area contributed by atoms with Gasteiger partial charge in [-0.3, -0.25) is 0 Å². The van der Waals surface area contributed by atoms with Gasteiger partial charge in [-0.15, -0.1) is 0 Å². The molecule has 1 aromatic heterocycles. The van der Waals surface area contributed by atoms with E-state index in [1.165, 1.54) is 22.2 Å². The molecule has 0 aliphatic carbocycles. The van der Waals surface area contributed by atoms with E-state index in [-0.39, 0.29) is 5.75 Å². The van der Waals surface area contributed by atoms with E-state index < -0.39 is 11.6 Å². The van der Waals surface area contributed by atoms with E-state index in [0.29, 0.717) is 12.5 Å². The summed E-state index contributed by atoms with van der Waals surface area (Å²) < 4.78 is 32.3. The number of hydrogen-bond acceptors (Lipinski definition) is 2. The predicted molar refractivity (Wildman–Crippen MR) is 98.7 cm³/mol. The number of rotatable bonds is 5. The Hall–Kier alpha value is -2.40. The van der Waals surface area contributed by atoms with Gasteiger partial charge in [0.15, 0.2) is 11.6 Å². The number of aromatic nitrogens is 1. The first-order chi connectivity index (χ1) is 12.7. The lowest BCUT2D eigenvalue weighted by Gasteiger charge is -2.16. The van der Waals surface area contributed by atoms with Gasteiger partial charge in [0.25, 0.3) is 0 Å². The van der Waals surface area contributed by atoms with Crippen molar-refractivity contribution >= 4 is 10.9 Å². The second kappa shape index (κ2) is 7.46. The summed E-state index contributed by atoms with van der Waals surface area (Å²) >= 11 is 0. The molecule has 3 aromatic rings. The van der Waals surface area contributed by atoms with Gasteiger partial charge in [-0.05, 0) is 42.5 Å². The molecule has 0 spiro atoms. The van der Waals surface area contributed by atoms with E-state index in [4.69, 9.17) is 4.74 Å². The molecule has 1 aliphatic rings. The normalized spacial score (nSPS) is 17.1. The molecule has 0 amide bonds. The highest BCUT2D eigenvalue weighted by molar-refractivity contribution is 5.85. The monoisotopic (exact) mass is 356 g/mol. The Morgan fingerprint density at radius 3 is 2.92 bits per heavy atom. The van der Waals surface area contributed by atoms with Gasteiger partial charge in [-0.25, -0.2) is 8.78 Å². The fourth-order valence-corrected chi connectivity index (χ4v) is 3.82. The topological polar surface area (TPSA) is 37.0 Å². The SMILES string of the molecule is Fc1ccc(F)c(OCCCC2CNCCc3[nH]c4ccccc4c32)c1. The van der Waals surface area contributed by atoms with Crippen molar-refractivity contribution in [2.45, 2.75) is 25.2 Å². The molecule has 2 N–H and O–H groups in total. The summed E-state index contributed by atoms with van der Waals surface area (Å²) in [5.41, 5.74) is 3.88. The first kappa shape index (κ1) is 17.0. The van der Waals surface area contributed by atoms with Crippen LogP contribution in [0.5, 0.6) is 5.75 Å². The Bertz CT molecular complexity index is 906. The van der Waals surface area contributed by atoms with Gasteiger partial charge in [0.1, 0.15) is 5.82 Å². The molecule has 0 bridgehead atoms. The Morgan fingerprint density at radius 1 is 1.12 bits per heavy atom. The Labute approximate surface area is 151 Å². The van der Waals surface area contributed by atoms with Gasteiger partial charge in [0.2, 0.25) is 0 Å². The highest BCUT2D eigenvalue weighted by atomic mass is 19.1. The molecule has 5 heteroatoms. The van der Waals surface area contributed by atoms with Crippen molar-refractivity contribution in [2.24, 2.45) is 0 Å². The molecule has 1 aliphatic heterocycles. The van der Waals surface area contributed by atoms with Crippen LogP contribution in [0.15, 0.2) is 42.5 Å². The van der Waals surface area contributed by atoms with Gasteiger partial charge >= 0.3 is 0 Å². The van der Waals surface area contributed by atoms with Crippen LogP contribution in [0.2, 0.25) is 0 Å². The fraction of sp³-hybridized carbons (Fsp3) is 0.333. The second-order valence-electron chi connectivity index (χ2n) is 6.78. The van der Waals surface area contributed by atoms with Crippen molar-refractivity contribution < 1.29 is 13.5 Å². The van der Waals surface area contributed by atoms with E-state index in [2.05, 4.69) is 28.5 Å². The molecular weight excluding hydrogens is 334 g/mol. The third-order valence-electron chi connectivity index (χ3n) is 5.03. The van der Waals surface area contributed by atoms with Gasteiger partial charge in [0, 0.05) is 42.2 Å². The summed E-state index contributed by atoms with van der Waals surface area (Å²) in [6.45, 7) is 2.25. The number of ether oxygens (including phenoxy) is 1. The zero-order valence-electron chi connectivity index (χ0n) is 14.5. The Balaban J connectivity index is 1.45. The highest BCUT2D eigenvalue weighted by Crippen LogP contribution is 2.33. The smallest absolute Gasteiger partial charge is 0.165 e. The molecular formula is C21H22F2N2O. The van der Waals surface area contributed by atoms with E-state index in [0.717, 1.165) is 50.6 Å². The molecule has 0 saturated heterocycles. The standard InChI is InChI=1S/C21H22F2N2O/c22-15-7-8-17(23)20(12-15)26-11-3-4-14-13-24-10-9-19-21(14)16-5-1-2-6-18(16)25-19/h1-2,5-8,12,14,24-25H,3-4,9-11,13H2. The van der Waals surface area contributed by atoms with E-state index in [9.17, 15) is 8.78 Å². The molecule has 136 valence electrons. The van der Waals surface area contributed by atoms with E-state index in [1.807, 2.05) is 6.07 Å². The quantitative estimate of drug-likeness (QED) is 0.659. The van der Waals surface area contributed by atoms with Gasteiger partial charge < -0.3 is 15.0 Å². The number of fused-ring (bicyclic) bond motifs is 3. The van der Waals surface area contributed by atoms with Gasteiger partial charge in [0.05, 0.1) is 6.61 Å². The summed E-state index contributed by atoms with van der Waals surface area (Å²) in [6.07, 6.45) is 2.70. The first-order valence-corrected chi connectivity index (χ1v) is 9.10. The average molecular weight is 356 g/mol. The zero-order valence-corrected chi connectivity index (χ0v) is 14.5. The molecule has 1 unspecified atom stereocenters. The minimum atomic E-state index is -0.526. The van der Waals surface area contributed by atoms with Crippen molar-refractivity contribution in [3.8, 4) is 5.75 Å². The zero-order chi connectivity index (χ0) is 17.9. The van der Waals surface area contributed by atoms with Crippen LogP contribution < -0.4 is 10.1 Å². The molecule has 4 rings (SSSR count). The minimum Gasteiger partial charge on any atom is -0.490 e. The largest absolute Gasteiger partial charge is 0.490 e. The van der Waals surface area contributed by atoms with Crippen LogP contribution in [0, 0.1) is 11.6 Å². The number of H-pyrrole nitrogens is 1. The average Bonchev–Trinajstić information content (AvgIpc) is 2.89. The van der Waals surface area contributed by atoms with Crippen molar-refractivity contribution in [2.75, 3.05) is 19.7 Å². The van der Waals surface area contributed by atoms with Crippen LogP contribution in [0.25, 0.3) is 10.9 Å². The summed E-state index contributed by atoms with van der Waals surface area (Å²) in [5.74, 6) is -0.652. The number of benzene rings is 2. The van der Waals surface area contributed by atoms with Crippen LogP contribution in [0.3, 0.4) is 0 Å². The molecule has 2 aromatic carbocycles. The van der Waals surface area contributed by atoms with Crippen LogP contribution >= 0.6 is 0 Å². The van der Waals surface area contributed by atoms with Gasteiger partial charge in [-0.1, -0.05) is 18.2 Å². The molecule has 0 fully saturated rings. The van der Waals surface area contributed by atoms with Crippen molar-refractivity contribution in [3.05, 3.63) is 65.4 Å². The van der Waals surface area contributed by atoms with Crippen LogP contribution in [0.4, 0.5) is 8.78 Å². The maximum atomic E-state index is 13.6. The summed E-state index contributed by atoms with van der Waals surface area (Å²) in [5, 5.41) is 4.79. The Kier molecular flexibility index (Phi) is 4.89.